The van der Waals surface area contributed by atoms with Crippen molar-refractivity contribution in [1.29, 1.82) is 0 Å². The van der Waals surface area contributed by atoms with Crippen LogP contribution in [0.25, 0.3) is 10.6 Å². The van der Waals surface area contributed by atoms with Crippen LogP contribution in [0.15, 0.2) is 64.9 Å². The molecule has 0 spiro atoms. The standard InChI is InChI=1S/C23H25N3O3S2/c27-22(24-16-20-17-30-23(25-20)19-6-2-1-3-7-19)13-10-18-8-11-21(12-9-18)31(28,29)26-14-4-5-15-26/h1-3,6-9,11-12,17H,4-5,10,13-16H2,(H,24,27). The van der Waals surface area contributed by atoms with Gasteiger partial charge in [0.2, 0.25) is 15.9 Å². The van der Waals surface area contributed by atoms with E-state index < -0.39 is 10.0 Å². The van der Waals surface area contributed by atoms with Gasteiger partial charge in [-0.05, 0) is 37.0 Å². The predicted molar refractivity (Wildman–Crippen MR) is 122 cm³/mol. The number of aromatic nitrogens is 1. The second-order valence-corrected chi connectivity index (χ2v) is 10.3. The van der Waals surface area contributed by atoms with Crippen LogP contribution in [0.3, 0.4) is 0 Å². The van der Waals surface area contributed by atoms with Crippen LogP contribution in [0.2, 0.25) is 0 Å². The Hall–Kier alpha value is -2.55. The average molecular weight is 456 g/mol. The van der Waals surface area contributed by atoms with Gasteiger partial charge in [0.15, 0.2) is 0 Å². The molecule has 1 N–H and O–H groups in total. The first-order valence-corrected chi connectivity index (χ1v) is 12.7. The number of amides is 1. The minimum atomic E-state index is -3.40. The van der Waals surface area contributed by atoms with Crippen LogP contribution < -0.4 is 5.32 Å². The smallest absolute Gasteiger partial charge is 0.243 e. The van der Waals surface area contributed by atoms with Crippen molar-refractivity contribution in [3.8, 4) is 10.6 Å². The van der Waals surface area contributed by atoms with Crippen molar-refractivity contribution in [2.75, 3.05) is 13.1 Å². The van der Waals surface area contributed by atoms with E-state index in [2.05, 4.69) is 10.3 Å². The maximum absolute atomic E-state index is 12.6. The molecular weight excluding hydrogens is 430 g/mol. The fourth-order valence-electron chi connectivity index (χ4n) is 3.54. The zero-order valence-electron chi connectivity index (χ0n) is 17.2. The number of nitrogens with zero attached hydrogens (tertiary/aromatic N) is 2. The van der Waals surface area contributed by atoms with Crippen molar-refractivity contribution in [3.05, 3.63) is 71.2 Å². The summed E-state index contributed by atoms with van der Waals surface area (Å²) in [7, 11) is -3.40. The molecule has 0 radical (unpaired) electrons. The quantitative estimate of drug-likeness (QED) is 0.560. The molecule has 0 unspecified atom stereocenters. The first-order chi connectivity index (χ1) is 15.0. The number of hydrogen-bond acceptors (Lipinski definition) is 5. The largest absolute Gasteiger partial charge is 0.350 e. The Morgan fingerprint density at radius 2 is 1.74 bits per heavy atom. The molecule has 1 amide bonds. The Balaban J connectivity index is 1.26. The molecule has 0 bridgehead atoms. The number of aryl methyl sites for hydroxylation is 1. The number of hydrogen-bond donors (Lipinski definition) is 1. The maximum Gasteiger partial charge on any atom is 0.243 e. The van der Waals surface area contributed by atoms with E-state index in [1.165, 1.54) is 4.31 Å². The number of sulfonamides is 1. The molecular formula is C23H25N3O3S2. The molecule has 0 aliphatic carbocycles. The Morgan fingerprint density at radius 3 is 2.45 bits per heavy atom. The van der Waals surface area contributed by atoms with Crippen LogP contribution in [0.5, 0.6) is 0 Å². The average Bonchev–Trinajstić information content (AvgIpc) is 3.50. The van der Waals surface area contributed by atoms with Gasteiger partial charge >= 0.3 is 0 Å². The van der Waals surface area contributed by atoms with Gasteiger partial charge in [-0.2, -0.15) is 4.31 Å². The molecule has 1 aromatic heterocycles. The van der Waals surface area contributed by atoms with Gasteiger partial charge in [0.1, 0.15) is 5.01 Å². The number of rotatable bonds is 8. The Morgan fingerprint density at radius 1 is 1.03 bits per heavy atom. The van der Waals surface area contributed by atoms with Crippen molar-refractivity contribution in [2.45, 2.75) is 37.1 Å². The molecule has 31 heavy (non-hydrogen) atoms. The summed E-state index contributed by atoms with van der Waals surface area (Å²) in [6.45, 7) is 1.58. The molecule has 1 aliphatic rings. The second-order valence-electron chi connectivity index (χ2n) is 7.54. The van der Waals surface area contributed by atoms with Crippen LogP contribution in [-0.4, -0.2) is 36.7 Å². The van der Waals surface area contributed by atoms with Crippen molar-refractivity contribution >= 4 is 27.3 Å². The summed E-state index contributed by atoms with van der Waals surface area (Å²) in [6, 6.07) is 16.8. The number of carbonyl (C=O) groups excluding carboxylic acids is 1. The zero-order chi connectivity index (χ0) is 21.7. The first kappa shape index (κ1) is 21.7. The lowest BCUT2D eigenvalue weighted by Crippen LogP contribution is -2.27. The first-order valence-electron chi connectivity index (χ1n) is 10.4. The predicted octanol–water partition coefficient (Wildman–Crippen LogP) is 3.84. The van der Waals surface area contributed by atoms with Gasteiger partial charge in [-0.15, -0.1) is 11.3 Å². The molecule has 0 saturated carbocycles. The highest BCUT2D eigenvalue weighted by molar-refractivity contribution is 7.89. The highest BCUT2D eigenvalue weighted by atomic mass is 32.2. The van der Waals surface area contributed by atoms with Crippen LogP contribution in [0.4, 0.5) is 0 Å². The summed E-state index contributed by atoms with van der Waals surface area (Å²) in [5.74, 6) is -0.0528. The van der Waals surface area contributed by atoms with Crippen molar-refractivity contribution in [2.24, 2.45) is 0 Å². The third-order valence-electron chi connectivity index (χ3n) is 5.31. The Kier molecular flexibility index (Phi) is 6.80. The molecule has 0 atom stereocenters. The van der Waals surface area contributed by atoms with Gasteiger partial charge < -0.3 is 5.32 Å². The van der Waals surface area contributed by atoms with Gasteiger partial charge in [0.05, 0.1) is 17.1 Å². The van der Waals surface area contributed by atoms with Gasteiger partial charge in [-0.1, -0.05) is 42.5 Å². The molecule has 1 saturated heterocycles. The van der Waals surface area contributed by atoms with Gasteiger partial charge in [0.25, 0.3) is 0 Å². The van der Waals surface area contributed by atoms with E-state index >= 15 is 0 Å². The zero-order valence-corrected chi connectivity index (χ0v) is 18.8. The Labute approximate surface area is 187 Å². The monoisotopic (exact) mass is 455 g/mol. The van der Waals surface area contributed by atoms with Crippen molar-refractivity contribution < 1.29 is 13.2 Å². The highest BCUT2D eigenvalue weighted by Crippen LogP contribution is 2.23. The van der Waals surface area contributed by atoms with Crippen LogP contribution in [0, 0.1) is 0 Å². The molecule has 6 nitrogen and oxygen atoms in total. The molecule has 3 aromatic rings. The summed E-state index contributed by atoms with van der Waals surface area (Å²) >= 11 is 1.56. The summed E-state index contributed by atoms with van der Waals surface area (Å²) in [4.78, 5) is 17.1. The van der Waals surface area contributed by atoms with E-state index in [1.807, 2.05) is 35.7 Å². The van der Waals surface area contributed by atoms with Crippen LogP contribution >= 0.6 is 11.3 Å². The summed E-state index contributed by atoms with van der Waals surface area (Å²) in [5, 5.41) is 5.81. The van der Waals surface area contributed by atoms with E-state index in [-0.39, 0.29) is 5.91 Å². The van der Waals surface area contributed by atoms with Crippen LogP contribution in [0.1, 0.15) is 30.5 Å². The molecule has 4 rings (SSSR count). The van der Waals surface area contributed by atoms with E-state index in [0.717, 1.165) is 34.7 Å². The normalized spacial score (nSPS) is 14.6. The Bertz CT molecular complexity index is 1120. The fraction of sp³-hybridized carbons (Fsp3) is 0.304. The van der Waals surface area contributed by atoms with E-state index in [0.29, 0.717) is 37.4 Å². The second kappa shape index (κ2) is 9.72. The summed E-state index contributed by atoms with van der Waals surface area (Å²) in [6.07, 6.45) is 2.73. The fourth-order valence-corrected chi connectivity index (χ4v) is 5.89. The minimum Gasteiger partial charge on any atom is -0.350 e. The van der Waals surface area contributed by atoms with E-state index in [4.69, 9.17) is 0 Å². The number of nitrogens with one attached hydrogen (secondary N) is 1. The maximum atomic E-state index is 12.6. The summed E-state index contributed by atoms with van der Waals surface area (Å²) in [5.41, 5.74) is 2.85. The minimum absolute atomic E-state index is 0.0528. The number of benzene rings is 2. The molecule has 2 heterocycles. The van der Waals surface area contributed by atoms with Crippen molar-refractivity contribution in [3.63, 3.8) is 0 Å². The lowest BCUT2D eigenvalue weighted by atomic mass is 10.1. The third kappa shape index (κ3) is 5.39. The molecule has 1 aliphatic heterocycles. The van der Waals surface area contributed by atoms with Crippen LogP contribution in [-0.2, 0) is 27.8 Å². The highest BCUT2D eigenvalue weighted by Gasteiger charge is 2.26. The molecule has 1 fully saturated rings. The van der Waals surface area contributed by atoms with Crippen molar-refractivity contribution in [1.82, 2.24) is 14.6 Å². The topological polar surface area (TPSA) is 79.4 Å². The van der Waals surface area contributed by atoms with Gasteiger partial charge in [0, 0.05) is 30.5 Å². The summed E-state index contributed by atoms with van der Waals surface area (Å²) < 4.78 is 26.7. The molecule has 2 aromatic carbocycles. The van der Waals surface area contributed by atoms with E-state index in [1.54, 1.807) is 35.6 Å². The number of carbonyl (C=O) groups is 1. The molecule has 8 heteroatoms. The SMILES string of the molecule is O=C(CCc1ccc(S(=O)(=O)N2CCCC2)cc1)NCc1csc(-c2ccccc2)n1. The number of thiazole rings is 1. The van der Waals surface area contributed by atoms with Gasteiger partial charge in [-0.3, -0.25) is 4.79 Å². The third-order valence-corrected chi connectivity index (χ3v) is 8.16. The molecule has 162 valence electrons. The lowest BCUT2D eigenvalue weighted by molar-refractivity contribution is -0.121. The lowest BCUT2D eigenvalue weighted by Gasteiger charge is -2.15. The van der Waals surface area contributed by atoms with Gasteiger partial charge in [-0.25, -0.2) is 13.4 Å². The van der Waals surface area contributed by atoms with E-state index in [9.17, 15) is 13.2 Å².